The Morgan fingerprint density at radius 2 is 1.79 bits per heavy atom. The third kappa shape index (κ3) is 2.30. The molecule has 1 aliphatic rings. The van der Waals surface area contributed by atoms with Crippen LogP contribution in [-0.4, -0.2) is 25.2 Å². The van der Waals surface area contributed by atoms with Gasteiger partial charge in [-0.3, -0.25) is 0 Å². The number of sulfonamides is 1. The van der Waals surface area contributed by atoms with Crippen LogP contribution in [0.2, 0.25) is 0 Å². The van der Waals surface area contributed by atoms with E-state index >= 15 is 0 Å². The maximum absolute atomic E-state index is 12.9. The number of carbonyl (C=O) groups is 1. The Hall–Kier alpha value is -2.60. The molecule has 24 heavy (non-hydrogen) atoms. The van der Waals surface area contributed by atoms with E-state index in [2.05, 4.69) is 6.58 Å². The molecular formula is C18H17NO4S. The zero-order valence-corrected chi connectivity index (χ0v) is 13.7. The first-order valence-corrected chi connectivity index (χ1v) is 9.05. The van der Waals surface area contributed by atoms with Crippen LogP contribution in [0.4, 0.5) is 5.69 Å². The van der Waals surface area contributed by atoms with Crippen LogP contribution in [0, 0.1) is 0 Å². The fourth-order valence-corrected chi connectivity index (χ4v) is 4.89. The molecular weight excluding hydrogens is 326 g/mol. The first kappa shape index (κ1) is 16.3. The van der Waals surface area contributed by atoms with Crippen LogP contribution in [0.1, 0.15) is 11.1 Å². The van der Waals surface area contributed by atoms with E-state index in [0.717, 1.165) is 4.31 Å². The molecule has 2 aromatic carbocycles. The zero-order chi connectivity index (χ0) is 17.4. The smallest absolute Gasteiger partial charge is 0.335 e. The van der Waals surface area contributed by atoms with Crippen molar-refractivity contribution in [1.82, 2.24) is 0 Å². The van der Waals surface area contributed by atoms with Crippen LogP contribution >= 0.6 is 0 Å². The van der Waals surface area contributed by atoms with E-state index < -0.39 is 21.5 Å². The average molecular weight is 343 g/mol. The highest BCUT2D eigenvalue weighted by atomic mass is 32.2. The van der Waals surface area contributed by atoms with E-state index in [1.165, 1.54) is 6.08 Å². The Bertz CT molecular complexity index is 892. The van der Waals surface area contributed by atoms with Crippen molar-refractivity contribution < 1.29 is 18.3 Å². The van der Waals surface area contributed by atoms with Gasteiger partial charge >= 0.3 is 5.97 Å². The molecule has 0 bridgehead atoms. The van der Waals surface area contributed by atoms with Gasteiger partial charge in [0.25, 0.3) is 0 Å². The average Bonchev–Trinajstić information content (AvgIpc) is 2.93. The van der Waals surface area contributed by atoms with E-state index in [1.54, 1.807) is 54.6 Å². The second-order valence-corrected chi connectivity index (χ2v) is 7.53. The highest BCUT2D eigenvalue weighted by Crippen LogP contribution is 2.47. The van der Waals surface area contributed by atoms with Crippen molar-refractivity contribution >= 4 is 21.7 Å². The van der Waals surface area contributed by atoms with Crippen molar-refractivity contribution in [3.63, 3.8) is 0 Å². The SMILES string of the molecule is C=CCS(=O)(=O)N1c2ccccc2CC1(C(=O)O)c1ccccc1. The van der Waals surface area contributed by atoms with Crippen molar-refractivity contribution in [3.8, 4) is 0 Å². The minimum Gasteiger partial charge on any atom is -0.479 e. The van der Waals surface area contributed by atoms with Gasteiger partial charge in [-0.25, -0.2) is 17.5 Å². The maximum atomic E-state index is 12.9. The standard InChI is InChI=1S/C18H17NO4S/c1-2-12-24(22,23)19-16-11-7-6-8-14(16)13-18(19,17(20)21)15-9-4-3-5-10-15/h2-11H,1,12-13H2,(H,20,21). The molecule has 0 amide bonds. The number of fused-ring (bicyclic) bond motifs is 1. The van der Waals surface area contributed by atoms with Crippen molar-refractivity contribution in [3.05, 3.63) is 78.4 Å². The normalized spacial score (nSPS) is 19.8. The van der Waals surface area contributed by atoms with Crippen LogP contribution in [0.15, 0.2) is 67.3 Å². The Morgan fingerprint density at radius 3 is 2.42 bits per heavy atom. The monoisotopic (exact) mass is 343 g/mol. The molecule has 0 saturated heterocycles. The number of para-hydroxylation sites is 1. The van der Waals surface area contributed by atoms with Crippen LogP contribution in [-0.2, 0) is 26.8 Å². The van der Waals surface area contributed by atoms with Gasteiger partial charge in [-0.2, -0.15) is 0 Å². The number of benzene rings is 2. The molecule has 0 aliphatic carbocycles. The minimum absolute atomic E-state index is 0.0822. The second kappa shape index (κ2) is 5.79. The quantitative estimate of drug-likeness (QED) is 0.847. The van der Waals surface area contributed by atoms with Gasteiger partial charge in [0.2, 0.25) is 10.0 Å². The number of carboxylic acids is 1. The van der Waals surface area contributed by atoms with Gasteiger partial charge in [0, 0.05) is 6.42 Å². The summed E-state index contributed by atoms with van der Waals surface area (Å²) in [6.07, 6.45) is 1.35. The third-order valence-corrected chi connectivity index (χ3v) is 5.94. The number of nitrogens with zero attached hydrogens (tertiary/aromatic N) is 1. The van der Waals surface area contributed by atoms with Crippen molar-refractivity contribution in [2.75, 3.05) is 10.1 Å². The van der Waals surface area contributed by atoms with Gasteiger partial charge in [-0.15, -0.1) is 6.58 Å². The van der Waals surface area contributed by atoms with E-state index in [0.29, 0.717) is 16.8 Å². The first-order chi connectivity index (χ1) is 11.4. The third-order valence-electron chi connectivity index (χ3n) is 4.22. The van der Waals surface area contributed by atoms with E-state index in [-0.39, 0.29) is 12.2 Å². The topological polar surface area (TPSA) is 74.7 Å². The summed E-state index contributed by atoms with van der Waals surface area (Å²) in [5.74, 6) is -1.53. The Labute approximate surface area is 140 Å². The van der Waals surface area contributed by atoms with Gasteiger partial charge in [-0.1, -0.05) is 54.6 Å². The molecule has 1 aliphatic heterocycles. The summed E-state index contributed by atoms with van der Waals surface area (Å²) in [4.78, 5) is 12.3. The van der Waals surface area contributed by atoms with Crippen molar-refractivity contribution in [2.45, 2.75) is 12.0 Å². The Kier molecular flexibility index (Phi) is 3.93. The first-order valence-electron chi connectivity index (χ1n) is 7.44. The molecule has 0 aromatic heterocycles. The molecule has 6 heteroatoms. The van der Waals surface area contributed by atoms with Gasteiger partial charge in [0.1, 0.15) is 0 Å². The fourth-order valence-electron chi connectivity index (χ4n) is 3.24. The number of hydrogen-bond acceptors (Lipinski definition) is 3. The molecule has 1 atom stereocenters. The summed E-state index contributed by atoms with van der Waals surface area (Å²) in [5, 5.41) is 10.1. The second-order valence-electron chi connectivity index (χ2n) is 5.67. The van der Waals surface area contributed by atoms with Gasteiger partial charge < -0.3 is 5.11 Å². The number of rotatable bonds is 5. The zero-order valence-electron chi connectivity index (χ0n) is 12.9. The van der Waals surface area contributed by atoms with E-state index in [4.69, 9.17) is 0 Å². The molecule has 1 unspecified atom stereocenters. The van der Waals surface area contributed by atoms with Gasteiger partial charge in [-0.05, 0) is 17.2 Å². The lowest BCUT2D eigenvalue weighted by molar-refractivity contribution is -0.143. The molecule has 2 aromatic rings. The lowest BCUT2D eigenvalue weighted by Crippen LogP contribution is -2.53. The highest BCUT2D eigenvalue weighted by molar-refractivity contribution is 7.93. The maximum Gasteiger partial charge on any atom is 0.335 e. The predicted molar refractivity (Wildman–Crippen MR) is 92.4 cm³/mol. The van der Waals surface area contributed by atoms with E-state index in [1.807, 2.05) is 0 Å². The fraction of sp³-hybridized carbons (Fsp3) is 0.167. The summed E-state index contributed by atoms with van der Waals surface area (Å²) < 4.78 is 26.8. The summed E-state index contributed by atoms with van der Waals surface area (Å²) in [7, 11) is -3.89. The van der Waals surface area contributed by atoms with E-state index in [9.17, 15) is 18.3 Å². The number of carboxylic acid groups (broad SMARTS) is 1. The van der Waals surface area contributed by atoms with Crippen LogP contribution in [0.25, 0.3) is 0 Å². The Morgan fingerprint density at radius 1 is 1.17 bits per heavy atom. The predicted octanol–water partition coefficient (Wildman–Crippen LogP) is 2.55. The summed E-state index contributed by atoms with van der Waals surface area (Å²) in [5.41, 5.74) is -0.157. The molecule has 1 heterocycles. The molecule has 5 nitrogen and oxygen atoms in total. The number of hydrogen-bond donors (Lipinski definition) is 1. The van der Waals surface area contributed by atoms with Gasteiger partial charge in [0.15, 0.2) is 5.54 Å². The van der Waals surface area contributed by atoms with Crippen LogP contribution in [0.3, 0.4) is 0 Å². The minimum atomic E-state index is -3.89. The molecule has 3 rings (SSSR count). The van der Waals surface area contributed by atoms with Crippen LogP contribution in [0.5, 0.6) is 0 Å². The number of anilines is 1. The van der Waals surface area contributed by atoms with Crippen LogP contribution < -0.4 is 4.31 Å². The molecule has 0 spiro atoms. The number of aliphatic carboxylic acids is 1. The lowest BCUT2D eigenvalue weighted by Gasteiger charge is -2.36. The lowest BCUT2D eigenvalue weighted by atomic mass is 9.87. The molecule has 0 fully saturated rings. The summed E-state index contributed by atoms with van der Waals surface area (Å²) in [6.45, 7) is 3.49. The highest BCUT2D eigenvalue weighted by Gasteiger charge is 2.55. The van der Waals surface area contributed by atoms with Crippen molar-refractivity contribution in [1.29, 1.82) is 0 Å². The van der Waals surface area contributed by atoms with Crippen molar-refractivity contribution in [2.24, 2.45) is 0 Å². The summed E-state index contributed by atoms with van der Waals surface area (Å²) >= 11 is 0. The largest absolute Gasteiger partial charge is 0.479 e. The van der Waals surface area contributed by atoms with Gasteiger partial charge in [0.05, 0.1) is 11.4 Å². The molecule has 0 saturated carbocycles. The molecule has 0 radical (unpaired) electrons. The Balaban J connectivity index is 2.33. The summed E-state index contributed by atoms with van der Waals surface area (Å²) in [6, 6.07) is 15.4. The molecule has 1 N–H and O–H groups in total. The molecule has 124 valence electrons.